The Labute approximate surface area is 182 Å². The normalized spacial score (nSPS) is 12.2. The van der Waals surface area contributed by atoms with Gasteiger partial charge < -0.3 is 14.6 Å². The number of nitrogens with one attached hydrogen (secondary N) is 1. The number of aliphatic hydroxyl groups is 1. The molecule has 3 aromatic rings. The zero-order valence-electron chi connectivity index (χ0n) is 18.5. The highest BCUT2D eigenvalue weighted by Gasteiger charge is 2.16. The number of ether oxygens (including phenoxy) is 2. The second-order valence-corrected chi connectivity index (χ2v) is 7.60. The summed E-state index contributed by atoms with van der Waals surface area (Å²) in [7, 11) is 0. The van der Waals surface area contributed by atoms with Crippen molar-refractivity contribution in [2.75, 3.05) is 18.5 Å². The number of hydrogen-bond acceptors (Lipinski definition) is 6. The molecular formula is C23H30N4O4. The van der Waals surface area contributed by atoms with Gasteiger partial charge in [0.25, 0.3) is 0 Å². The summed E-state index contributed by atoms with van der Waals surface area (Å²) in [5, 5.41) is 17.9. The van der Waals surface area contributed by atoms with Gasteiger partial charge in [0, 0.05) is 11.6 Å². The topological polar surface area (TPSA) is 98.5 Å². The molecule has 166 valence electrons. The summed E-state index contributed by atoms with van der Waals surface area (Å²) in [6.07, 6.45) is 2.26. The van der Waals surface area contributed by atoms with Crippen LogP contribution in [0.25, 0.3) is 22.3 Å². The lowest BCUT2D eigenvalue weighted by molar-refractivity contribution is 0.0994. The van der Waals surface area contributed by atoms with E-state index in [9.17, 15) is 9.90 Å². The fourth-order valence-corrected chi connectivity index (χ4v) is 3.28. The summed E-state index contributed by atoms with van der Waals surface area (Å²) in [5.74, 6) is 0.645. The number of rotatable bonds is 9. The molecular weight excluding hydrogens is 396 g/mol. The Balaban J connectivity index is 1.98. The van der Waals surface area contributed by atoms with Gasteiger partial charge in [-0.15, -0.1) is 0 Å². The lowest BCUT2D eigenvalue weighted by Gasteiger charge is -2.13. The molecule has 0 saturated heterocycles. The second kappa shape index (κ2) is 10.3. The van der Waals surface area contributed by atoms with Gasteiger partial charge in [0.2, 0.25) is 0 Å². The number of hydrogen-bond donors (Lipinski definition) is 2. The van der Waals surface area contributed by atoms with Gasteiger partial charge >= 0.3 is 6.09 Å². The van der Waals surface area contributed by atoms with E-state index in [2.05, 4.69) is 10.4 Å². The highest BCUT2D eigenvalue weighted by atomic mass is 16.5. The van der Waals surface area contributed by atoms with Crippen molar-refractivity contribution >= 4 is 22.8 Å². The molecule has 0 aliphatic heterocycles. The molecule has 0 bridgehead atoms. The van der Waals surface area contributed by atoms with Gasteiger partial charge in [0.05, 0.1) is 35.7 Å². The molecule has 0 radical (unpaired) electrons. The van der Waals surface area contributed by atoms with Crippen LogP contribution in [0.2, 0.25) is 0 Å². The van der Waals surface area contributed by atoms with Crippen molar-refractivity contribution in [2.24, 2.45) is 0 Å². The summed E-state index contributed by atoms with van der Waals surface area (Å²) in [4.78, 5) is 16.9. The number of aliphatic hydroxyl groups excluding tert-OH is 1. The second-order valence-electron chi connectivity index (χ2n) is 7.60. The molecule has 1 amide bonds. The number of carbonyl (C=O) groups excluding carboxylic acids is 1. The predicted octanol–water partition coefficient (Wildman–Crippen LogP) is 4.79. The van der Waals surface area contributed by atoms with Crippen molar-refractivity contribution in [1.29, 1.82) is 0 Å². The van der Waals surface area contributed by atoms with Crippen LogP contribution in [0.3, 0.4) is 0 Å². The summed E-state index contributed by atoms with van der Waals surface area (Å²) >= 11 is 0. The number of carbonyl (C=O) groups is 1. The van der Waals surface area contributed by atoms with Crippen LogP contribution >= 0.6 is 0 Å². The molecule has 1 unspecified atom stereocenters. The minimum atomic E-state index is -0.528. The molecule has 1 atom stereocenters. The van der Waals surface area contributed by atoms with E-state index in [0.717, 1.165) is 17.4 Å². The lowest BCUT2D eigenvalue weighted by Crippen LogP contribution is -2.16. The molecule has 0 saturated carbocycles. The quantitative estimate of drug-likeness (QED) is 0.511. The molecule has 2 aromatic heterocycles. The van der Waals surface area contributed by atoms with Crippen LogP contribution in [0, 0.1) is 0 Å². The van der Waals surface area contributed by atoms with E-state index in [1.165, 1.54) is 0 Å². The van der Waals surface area contributed by atoms with Crippen LogP contribution < -0.4 is 10.1 Å². The largest absolute Gasteiger partial charge is 0.491 e. The fraction of sp³-hybridized carbons (Fsp3) is 0.435. The van der Waals surface area contributed by atoms with Crippen molar-refractivity contribution in [3.05, 3.63) is 36.5 Å². The number of anilines is 1. The molecule has 3 rings (SSSR count). The van der Waals surface area contributed by atoms with Gasteiger partial charge in [-0.1, -0.05) is 25.5 Å². The third-order valence-electron chi connectivity index (χ3n) is 4.76. The van der Waals surface area contributed by atoms with E-state index in [4.69, 9.17) is 14.5 Å². The summed E-state index contributed by atoms with van der Waals surface area (Å²) in [6.45, 7) is 8.34. The standard InChI is InChI=1S/C23H30N4O4/c1-5-8-17(28)14-31-18-10-7-9-16(11-18)20-12-21(26-23(29)30-6-2)19-13-24-27(15(3)4)22(19)25-20/h7,9-13,15,17,28H,5-6,8,14H2,1-4H3,(H,25,26,29). The molecule has 2 heterocycles. The number of benzene rings is 1. The predicted molar refractivity (Wildman–Crippen MR) is 120 cm³/mol. The van der Waals surface area contributed by atoms with Crippen molar-refractivity contribution in [1.82, 2.24) is 14.8 Å². The summed E-state index contributed by atoms with van der Waals surface area (Å²) in [5.41, 5.74) is 2.74. The van der Waals surface area contributed by atoms with Crippen LogP contribution in [0.15, 0.2) is 36.5 Å². The molecule has 0 fully saturated rings. The van der Waals surface area contributed by atoms with E-state index in [-0.39, 0.29) is 19.3 Å². The Bertz CT molecular complexity index is 1030. The first-order chi connectivity index (χ1) is 14.9. The minimum Gasteiger partial charge on any atom is -0.491 e. The van der Waals surface area contributed by atoms with Crippen molar-refractivity contribution in [3.8, 4) is 17.0 Å². The maximum atomic E-state index is 12.1. The van der Waals surface area contributed by atoms with Crippen LogP contribution in [-0.2, 0) is 4.74 Å². The Morgan fingerprint density at radius 3 is 2.77 bits per heavy atom. The van der Waals surface area contributed by atoms with Crippen molar-refractivity contribution < 1.29 is 19.4 Å². The number of fused-ring (bicyclic) bond motifs is 1. The third-order valence-corrected chi connectivity index (χ3v) is 4.76. The highest BCUT2D eigenvalue weighted by molar-refractivity contribution is 5.99. The van der Waals surface area contributed by atoms with Crippen LogP contribution in [-0.4, -0.2) is 45.3 Å². The first-order valence-electron chi connectivity index (χ1n) is 10.7. The van der Waals surface area contributed by atoms with Crippen molar-refractivity contribution in [2.45, 2.75) is 52.7 Å². The zero-order chi connectivity index (χ0) is 22.4. The third kappa shape index (κ3) is 5.52. The van der Waals surface area contributed by atoms with E-state index >= 15 is 0 Å². The Hall–Kier alpha value is -3.13. The maximum absolute atomic E-state index is 12.1. The zero-order valence-corrected chi connectivity index (χ0v) is 18.5. The van der Waals surface area contributed by atoms with E-state index in [0.29, 0.717) is 29.2 Å². The highest BCUT2D eigenvalue weighted by Crippen LogP contribution is 2.31. The number of pyridine rings is 1. The molecule has 1 aromatic carbocycles. The smallest absolute Gasteiger partial charge is 0.411 e. The van der Waals surface area contributed by atoms with Gasteiger partial charge in [-0.3, -0.25) is 5.32 Å². The van der Waals surface area contributed by atoms with Gasteiger partial charge in [-0.05, 0) is 45.4 Å². The minimum absolute atomic E-state index is 0.102. The number of aromatic nitrogens is 3. The summed E-state index contributed by atoms with van der Waals surface area (Å²) < 4.78 is 12.6. The van der Waals surface area contributed by atoms with Gasteiger partial charge in [0.1, 0.15) is 12.4 Å². The fourth-order valence-electron chi connectivity index (χ4n) is 3.28. The number of amides is 1. The van der Waals surface area contributed by atoms with Gasteiger partial charge in [-0.25, -0.2) is 14.5 Å². The average Bonchev–Trinajstić information content (AvgIpc) is 3.17. The van der Waals surface area contributed by atoms with E-state index < -0.39 is 12.2 Å². The SMILES string of the molecule is CCCC(O)COc1cccc(-c2cc(NC(=O)OCC)c3cnn(C(C)C)c3n2)c1. The molecule has 31 heavy (non-hydrogen) atoms. The molecule has 0 aliphatic carbocycles. The first-order valence-corrected chi connectivity index (χ1v) is 10.7. The van der Waals surface area contributed by atoms with Gasteiger partial charge in [-0.2, -0.15) is 5.10 Å². The van der Waals surface area contributed by atoms with E-state index in [1.807, 2.05) is 49.7 Å². The molecule has 0 aliphatic rings. The van der Waals surface area contributed by atoms with Gasteiger partial charge in [0.15, 0.2) is 5.65 Å². The Morgan fingerprint density at radius 2 is 2.06 bits per heavy atom. The van der Waals surface area contributed by atoms with E-state index in [1.54, 1.807) is 19.2 Å². The van der Waals surface area contributed by atoms with Crippen LogP contribution in [0.4, 0.5) is 10.5 Å². The summed E-state index contributed by atoms with van der Waals surface area (Å²) in [6, 6.07) is 9.42. The van der Waals surface area contributed by atoms with Crippen molar-refractivity contribution in [3.63, 3.8) is 0 Å². The average molecular weight is 427 g/mol. The van der Waals surface area contributed by atoms with Crippen LogP contribution in [0.1, 0.15) is 46.6 Å². The molecule has 8 heteroatoms. The molecule has 0 spiro atoms. The monoisotopic (exact) mass is 426 g/mol. The number of nitrogens with zero attached hydrogens (tertiary/aromatic N) is 3. The molecule has 8 nitrogen and oxygen atoms in total. The lowest BCUT2D eigenvalue weighted by atomic mass is 10.1. The van der Waals surface area contributed by atoms with Crippen LogP contribution in [0.5, 0.6) is 5.75 Å². The maximum Gasteiger partial charge on any atom is 0.411 e. The Kier molecular flexibility index (Phi) is 7.46. The Morgan fingerprint density at radius 1 is 1.26 bits per heavy atom. The molecule has 2 N–H and O–H groups in total. The first kappa shape index (κ1) is 22.6.